The number of pyridine rings is 1. The van der Waals surface area contributed by atoms with Gasteiger partial charge < -0.3 is 4.74 Å². The van der Waals surface area contributed by atoms with E-state index >= 15 is 0 Å². The Morgan fingerprint density at radius 2 is 1.95 bits per heavy atom. The summed E-state index contributed by atoms with van der Waals surface area (Å²) in [5.74, 6) is 0.751. The lowest BCUT2D eigenvalue weighted by molar-refractivity contribution is 0.304. The highest BCUT2D eigenvalue weighted by Gasteiger charge is 2.08. The molecular formula is C17H11BrN2O. The lowest BCUT2D eigenvalue weighted by Crippen LogP contribution is -2.00. The number of nitriles is 1. The lowest BCUT2D eigenvalue weighted by Gasteiger charge is -2.11. The molecule has 0 aliphatic heterocycles. The maximum absolute atomic E-state index is 9.03. The van der Waals surface area contributed by atoms with Crippen LogP contribution in [0.1, 0.15) is 11.3 Å². The third kappa shape index (κ3) is 2.74. The number of halogens is 1. The van der Waals surface area contributed by atoms with Crippen LogP contribution in [-0.4, -0.2) is 4.98 Å². The average molecular weight is 339 g/mol. The van der Waals surface area contributed by atoms with Crippen molar-refractivity contribution in [2.75, 3.05) is 0 Å². The van der Waals surface area contributed by atoms with E-state index in [4.69, 9.17) is 10.00 Å². The quantitative estimate of drug-likeness (QED) is 0.708. The Bertz CT molecular complexity index is 840. The van der Waals surface area contributed by atoms with Gasteiger partial charge in [0.1, 0.15) is 24.1 Å². The van der Waals surface area contributed by atoms with E-state index in [1.165, 1.54) is 0 Å². The number of rotatable bonds is 3. The number of aromatic nitrogens is 1. The minimum Gasteiger partial charge on any atom is -0.488 e. The van der Waals surface area contributed by atoms with Crippen LogP contribution in [0.3, 0.4) is 0 Å². The molecule has 0 amide bonds. The van der Waals surface area contributed by atoms with Crippen molar-refractivity contribution in [3.63, 3.8) is 0 Å². The Morgan fingerprint density at radius 1 is 1.10 bits per heavy atom. The van der Waals surface area contributed by atoms with Crippen molar-refractivity contribution in [3.8, 4) is 11.8 Å². The molecule has 0 aliphatic rings. The van der Waals surface area contributed by atoms with Gasteiger partial charge in [-0.25, -0.2) is 4.98 Å². The zero-order chi connectivity index (χ0) is 14.7. The molecule has 0 aliphatic carbocycles. The molecule has 1 aromatic heterocycles. The second-order valence-corrected chi connectivity index (χ2v) is 5.30. The Labute approximate surface area is 130 Å². The molecule has 1 heterocycles. The molecule has 3 nitrogen and oxygen atoms in total. The lowest BCUT2D eigenvalue weighted by atomic mass is 10.1. The molecule has 0 saturated heterocycles. The average Bonchev–Trinajstić information content (AvgIpc) is 2.55. The first kappa shape index (κ1) is 13.6. The van der Waals surface area contributed by atoms with E-state index < -0.39 is 0 Å². The molecule has 0 spiro atoms. The van der Waals surface area contributed by atoms with Crippen LogP contribution in [0, 0.1) is 11.3 Å². The summed E-state index contributed by atoms with van der Waals surface area (Å²) in [7, 11) is 0. The number of nitrogens with zero attached hydrogens (tertiary/aromatic N) is 2. The van der Waals surface area contributed by atoms with Crippen LogP contribution >= 0.6 is 15.9 Å². The van der Waals surface area contributed by atoms with E-state index in [9.17, 15) is 0 Å². The Kier molecular flexibility index (Phi) is 3.85. The molecule has 2 aromatic carbocycles. The first-order valence-corrected chi connectivity index (χ1v) is 7.23. The van der Waals surface area contributed by atoms with Crippen molar-refractivity contribution < 1.29 is 4.74 Å². The maximum Gasteiger partial charge on any atom is 0.147 e. The fourth-order valence-electron chi connectivity index (χ4n) is 2.14. The fourth-order valence-corrected chi connectivity index (χ4v) is 2.74. The maximum atomic E-state index is 9.03. The summed E-state index contributed by atoms with van der Waals surface area (Å²) in [5.41, 5.74) is 1.18. The van der Waals surface area contributed by atoms with Gasteiger partial charge in [-0.3, -0.25) is 0 Å². The monoisotopic (exact) mass is 338 g/mol. The molecule has 0 saturated carbocycles. The molecule has 0 fully saturated rings. The highest BCUT2D eigenvalue weighted by molar-refractivity contribution is 9.10. The van der Waals surface area contributed by atoms with E-state index in [0.717, 1.165) is 26.6 Å². The van der Waals surface area contributed by atoms with Crippen molar-refractivity contribution >= 4 is 26.7 Å². The molecule has 0 bridgehead atoms. The van der Waals surface area contributed by atoms with Gasteiger partial charge in [0, 0.05) is 11.8 Å². The summed E-state index contributed by atoms with van der Waals surface area (Å²) in [6.45, 7) is 0.313. The summed E-state index contributed by atoms with van der Waals surface area (Å²) in [6, 6.07) is 17.8. The molecular weight excluding hydrogens is 328 g/mol. The first-order valence-electron chi connectivity index (χ1n) is 6.43. The predicted octanol–water partition coefficient (Wildman–Crippen LogP) is 4.45. The van der Waals surface area contributed by atoms with Crippen LogP contribution in [0.25, 0.3) is 10.8 Å². The van der Waals surface area contributed by atoms with E-state index in [2.05, 4.69) is 33.0 Å². The van der Waals surface area contributed by atoms with Gasteiger partial charge >= 0.3 is 0 Å². The topological polar surface area (TPSA) is 45.9 Å². The molecule has 0 radical (unpaired) electrons. The molecule has 3 rings (SSSR count). The minimum absolute atomic E-state index is 0.313. The molecule has 0 N–H and O–H groups in total. The number of benzene rings is 2. The van der Waals surface area contributed by atoms with E-state index in [0.29, 0.717) is 12.3 Å². The van der Waals surface area contributed by atoms with Gasteiger partial charge in [0.2, 0.25) is 0 Å². The van der Waals surface area contributed by atoms with Gasteiger partial charge in [0.05, 0.1) is 4.47 Å². The van der Waals surface area contributed by atoms with Crippen molar-refractivity contribution in [1.29, 1.82) is 5.26 Å². The van der Waals surface area contributed by atoms with Gasteiger partial charge in [-0.1, -0.05) is 36.4 Å². The first-order chi connectivity index (χ1) is 10.3. The number of hydrogen-bond donors (Lipinski definition) is 0. The third-order valence-corrected chi connectivity index (χ3v) is 4.03. The zero-order valence-corrected chi connectivity index (χ0v) is 12.7. The highest BCUT2D eigenvalue weighted by atomic mass is 79.9. The van der Waals surface area contributed by atoms with Gasteiger partial charge in [-0.05, 0) is 38.8 Å². The summed E-state index contributed by atoms with van der Waals surface area (Å²) < 4.78 is 6.75. The Morgan fingerprint density at radius 3 is 2.81 bits per heavy atom. The molecule has 3 aromatic rings. The number of hydrogen-bond acceptors (Lipinski definition) is 3. The van der Waals surface area contributed by atoms with Crippen molar-refractivity contribution in [1.82, 2.24) is 4.98 Å². The van der Waals surface area contributed by atoms with Crippen molar-refractivity contribution in [2.45, 2.75) is 6.61 Å². The Balaban J connectivity index is 1.89. The molecule has 0 unspecified atom stereocenters. The molecule has 4 heteroatoms. The summed E-state index contributed by atoms with van der Waals surface area (Å²) in [5, 5.41) is 11.3. The number of ether oxygens (including phenoxy) is 1. The molecule has 102 valence electrons. The van der Waals surface area contributed by atoms with Crippen molar-refractivity contribution in [2.24, 2.45) is 0 Å². The van der Waals surface area contributed by atoms with Crippen LogP contribution in [0.2, 0.25) is 0 Å². The largest absolute Gasteiger partial charge is 0.488 e. The van der Waals surface area contributed by atoms with Crippen LogP contribution < -0.4 is 4.74 Å². The summed E-state index contributed by atoms with van der Waals surface area (Å²) in [6.07, 6.45) is 1.61. The summed E-state index contributed by atoms with van der Waals surface area (Å²) >= 11 is 3.59. The second kappa shape index (κ2) is 5.94. The van der Waals surface area contributed by atoms with Gasteiger partial charge in [0.15, 0.2) is 0 Å². The van der Waals surface area contributed by atoms with E-state index in [1.807, 2.05) is 36.4 Å². The van der Waals surface area contributed by atoms with Crippen LogP contribution in [-0.2, 0) is 6.61 Å². The minimum atomic E-state index is 0.313. The standard InChI is InChI=1S/C17H11BrN2O/c18-17-14-6-2-1-4-12(14)7-8-16(17)21-11-13-5-3-9-20-15(13)10-19/h1-9H,11H2. The summed E-state index contributed by atoms with van der Waals surface area (Å²) in [4.78, 5) is 4.03. The van der Waals surface area contributed by atoms with Gasteiger partial charge in [-0.2, -0.15) is 5.26 Å². The van der Waals surface area contributed by atoms with Crippen LogP contribution in [0.15, 0.2) is 59.2 Å². The Hall–Kier alpha value is -2.38. The molecule has 21 heavy (non-hydrogen) atoms. The molecule has 0 atom stereocenters. The van der Waals surface area contributed by atoms with Gasteiger partial charge in [0.25, 0.3) is 0 Å². The van der Waals surface area contributed by atoms with Crippen LogP contribution in [0.5, 0.6) is 5.75 Å². The van der Waals surface area contributed by atoms with Gasteiger partial charge in [-0.15, -0.1) is 0 Å². The van der Waals surface area contributed by atoms with Crippen LogP contribution in [0.4, 0.5) is 0 Å². The van der Waals surface area contributed by atoms with E-state index in [-0.39, 0.29) is 0 Å². The predicted molar refractivity (Wildman–Crippen MR) is 84.9 cm³/mol. The highest BCUT2D eigenvalue weighted by Crippen LogP contribution is 2.33. The normalized spacial score (nSPS) is 10.3. The SMILES string of the molecule is N#Cc1ncccc1COc1ccc2ccccc2c1Br. The smallest absolute Gasteiger partial charge is 0.147 e. The fraction of sp³-hybridized carbons (Fsp3) is 0.0588. The van der Waals surface area contributed by atoms with Crippen molar-refractivity contribution in [3.05, 3.63) is 70.5 Å². The van der Waals surface area contributed by atoms with E-state index in [1.54, 1.807) is 12.3 Å². The second-order valence-electron chi connectivity index (χ2n) is 4.51. The third-order valence-electron chi connectivity index (χ3n) is 3.21. The number of fused-ring (bicyclic) bond motifs is 1. The zero-order valence-electron chi connectivity index (χ0n) is 11.1.